The van der Waals surface area contributed by atoms with Crippen molar-refractivity contribution in [2.24, 2.45) is 0 Å². The molecule has 5 heteroatoms. The fourth-order valence-electron chi connectivity index (χ4n) is 1.73. The number of carbonyl (C=O) groups excluding carboxylic acids is 1. The van der Waals surface area contributed by atoms with Crippen LogP contribution < -0.4 is 4.74 Å². The van der Waals surface area contributed by atoms with Crippen LogP contribution in [0.2, 0.25) is 0 Å². The first kappa shape index (κ1) is 15.9. The van der Waals surface area contributed by atoms with Crippen LogP contribution in [-0.4, -0.2) is 19.7 Å². The molecule has 0 bridgehead atoms. The number of ether oxygens (including phenoxy) is 2. The number of halogens is 1. The quantitative estimate of drug-likeness (QED) is 0.712. The Balaban J connectivity index is 2.15. The molecule has 0 fully saturated rings. The highest BCUT2D eigenvalue weighted by atomic mass is 79.9. The summed E-state index contributed by atoms with van der Waals surface area (Å²) in [5.41, 5.74) is 0.559. The van der Waals surface area contributed by atoms with Gasteiger partial charge in [0, 0.05) is 9.37 Å². The van der Waals surface area contributed by atoms with E-state index in [1.54, 1.807) is 37.9 Å². The molecule has 0 amide bonds. The van der Waals surface area contributed by atoms with Crippen LogP contribution in [0.4, 0.5) is 0 Å². The molecular formula is C16H15BrO3S. The Morgan fingerprint density at radius 2 is 1.90 bits per heavy atom. The molecule has 0 spiro atoms. The van der Waals surface area contributed by atoms with Crippen LogP contribution in [0.5, 0.6) is 5.75 Å². The summed E-state index contributed by atoms with van der Waals surface area (Å²) < 4.78 is 11.3. The van der Waals surface area contributed by atoms with Crippen LogP contribution in [0.15, 0.2) is 56.7 Å². The maximum Gasteiger partial charge on any atom is 0.338 e. The molecule has 0 radical (unpaired) electrons. The lowest BCUT2D eigenvalue weighted by Crippen LogP contribution is -2.03. The van der Waals surface area contributed by atoms with Gasteiger partial charge in [0.2, 0.25) is 0 Å². The van der Waals surface area contributed by atoms with Crippen molar-refractivity contribution in [2.75, 3.05) is 13.7 Å². The average molecular weight is 367 g/mol. The number of benzene rings is 2. The Bertz CT molecular complexity index is 626. The summed E-state index contributed by atoms with van der Waals surface area (Å²) in [7, 11) is 1.65. The van der Waals surface area contributed by atoms with Gasteiger partial charge in [0.25, 0.3) is 0 Å². The lowest BCUT2D eigenvalue weighted by molar-refractivity contribution is 0.0526. The highest BCUT2D eigenvalue weighted by Crippen LogP contribution is 2.36. The van der Waals surface area contributed by atoms with Crippen LogP contribution in [0.25, 0.3) is 0 Å². The van der Waals surface area contributed by atoms with Gasteiger partial charge in [-0.05, 0) is 49.4 Å². The van der Waals surface area contributed by atoms with E-state index < -0.39 is 0 Å². The third-order valence-corrected chi connectivity index (χ3v) is 4.28. The van der Waals surface area contributed by atoms with Crippen molar-refractivity contribution in [3.8, 4) is 5.75 Å². The molecule has 110 valence electrons. The average Bonchev–Trinajstić information content (AvgIpc) is 2.50. The van der Waals surface area contributed by atoms with Crippen molar-refractivity contribution in [3.63, 3.8) is 0 Å². The predicted octanol–water partition coefficient (Wildman–Crippen LogP) is 4.79. The van der Waals surface area contributed by atoms with Gasteiger partial charge >= 0.3 is 5.97 Å². The molecule has 3 nitrogen and oxygen atoms in total. The number of hydrogen-bond donors (Lipinski definition) is 0. The third kappa shape index (κ3) is 4.25. The standard InChI is InChI=1S/C16H15BrO3S/c1-3-20-16(18)11-4-7-13(8-5-11)21-15-9-6-12(17)10-14(15)19-2/h4-10H,3H2,1-2H3. The minimum Gasteiger partial charge on any atom is -0.496 e. The van der Waals surface area contributed by atoms with Gasteiger partial charge in [-0.15, -0.1) is 0 Å². The van der Waals surface area contributed by atoms with Gasteiger partial charge in [-0.3, -0.25) is 0 Å². The molecule has 0 saturated heterocycles. The lowest BCUT2D eigenvalue weighted by Gasteiger charge is -2.09. The Labute approximate surface area is 136 Å². The Morgan fingerprint density at radius 1 is 1.19 bits per heavy atom. The van der Waals surface area contributed by atoms with E-state index in [2.05, 4.69) is 15.9 Å². The number of carbonyl (C=O) groups is 1. The zero-order valence-electron chi connectivity index (χ0n) is 11.8. The normalized spacial score (nSPS) is 10.2. The SMILES string of the molecule is CCOC(=O)c1ccc(Sc2ccc(Br)cc2OC)cc1. The summed E-state index contributed by atoms with van der Waals surface area (Å²) in [6.07, 6.45) is 0. The number of esters is 1. The highest BCUT2D eigenvalue weighted by Gasteiger charge is 2.08. The molecule has 2 aromatic rings. The number of methoxy groups -OCH3 is 1. The molecule has 0 aliphatic rings. The van der Waals surface area contributed by atoms with E-state index in [0.717, 1.165) is 20.0 Å². The zero-order chi connectivity index (χ0) is 15.2. The molecule has 0 atom stereocenters. The summed E-state index contributed by atoms with van der Waals surface area (Å²) in [4.78, 5) is 13.6. The van der Waals surface area contributed by atoms with Gasteiger partial charge in [0.05, 0.1) is 24.2 Å². The smallest absolute Gasteiger partial charge is 0.338 e. The molecule has 0 aromatic heterocycles. The van der Waals surface area contributed by atoms with E-state index in [4.69, 9.17) is 9.47 Å². The molecule has 0 aliphatic heterocycles. The molecule has 2 rings (SSSR count). The van der Waals surface area contributed by atoms with Crippen LogP contribution in [-0.2, 0) is 4.74 Å². The third-order valence-electron chi connectivity index (χ3n) is 2.72. The Kier molecular flexibility index (Phi) is 5.70. The van der Waals surface area contributed by atoms with Crippen LogP contribution in [0, 0.1) is 0 Å². The monoisotopic (exact) mass is 366 g/mol. The van der Waals surface area contributed by atoms with Crippen LogP contribution in [0.3, 0.4) is 0 Å². The van der Waals surface area contributed by atoms with Gasteiger partial charge in [-0.25, -0.2) is 4.79 Å². The van der Waals surface area contributed by atoms with Crippen molar-refractivity contribution in [1.29, 1.82) is 0 Å². The molecule has 21 heavy (non-hydrogen) atoms. The summed E-state index contributed by atoms with van der Waals surface area (Å²) in [6.45, 7) is 2.17. The number of rotatable bonds is 5. The zero-order valence-corrected chi connectivity index (χ0v) is 14.2. The second kappa shape index (κ2) is 7.52. The van der Waals surface area contributed by atoms with E-state index in [1.807, 2.05) is 30.3 Å². The van der Waals surface area contributed by atoms with Gasteiger partial charge in [-0.2, -0.15) is 0 Å². The molecule has 0 saturated carbocycles. The highest BCUT2D eigenvalue weighted by molar-refractivity contribution is 9.10. The molecule has 0 aliphatic carbocycles. The molecule has 2 aromatic carbocycles. The Morgan fingerprint density at radius 3 is 2.52 bits per heavy atom. The summed E-state index contributed by atoms with van der Waals surface area (Å²) in [6, 6.07) is 13.2. The van der Waals surface area contributed by atoms with Crippen molar-refractivity contribution in [3.05, 3.63) is 52.5 Å². The summed E-state index contributed by atoms with van der Waals surface area (Å²) >= 11 is 5.01. The van der Waals surface area contributed by atoms with Crippen molar-refractivity contribution in [2.45, 2.75) is 16.7 Å². The lowest BCUT2D eigenvalue weighted by atomic mass is 10.2. The first-order valence-electron chi connectivity index (χ1n) is 6.42. The van der Waals surface area contributed by atoms with Crippen molar-refractivity contribution >= 4 is 33.7 Å². The van der Waals surface area contributed by atoms with Crippen LogP contribution in [0.1, 0.15) is 17.3 Å². The second-order valence-corrected chi connectivity index (χ2v) is 6.17. The van der Waals surface area contributed by atoms with Crippen molar-refractivity contribution in [1.82, 2.24) is 0 Å². The number of hydrogen-bond acceptors (Lipinski definition) is 4. The van der Waals surface area contributed by atoms with E-state index in [1.165, 1.54) is 0 Å². The largest absolute Gasteiger partial charge is 0.496 e. The van der Waals surface area contributed by atoms with Gasteiger partial charge in [0.1, 0.15) is 5.75 Å². The fourth-order valence-corrected chi connectivity index (χ4v) is 2.97. The molecule has 0 unspecified atom stereocenters. The maximum absolute atomic E-state index is 11.6. The van der Waals surface area contributed by atoms with Crippen LogP contribution >= 0.6 is 27.7 Å². The first-order valence-corrected chi connectivity index (χ1v) is 8.03. The minimum atomic E-state index is -0.296. The van der Waals surface area contributed by atoms with Gasteiger partial charge in [0.15, 0.2) is 0 Å². The van der Waals surface area contributed by atoms with E-state index in [9.17, 15) is 4.79 Å². The summed E-state index contributed by atoms with van der Waals surface area (Å²) in [5.74, 6) is 0.513. The van der Waals surface area contributed by atoms with Gasteiger partial charge < -0.3 is 9.47 Å². The van der Waals surface area contributed by atoms with E-state index in [-0.39, 0.29) is 5.97 Å². The predicted molar refractivity (Wildman–Crippen MR) is 87.2 cm³/mol. The topological polar surface area (TPSA) is 35.5 Å². The summed E-state index contributed by atoms with van der Waals surface area (Å²) in [5, 5.41) is 0. The first-order chi connectivity index (χ1) is 10.1. The maximum atomic E-state index is 11.6. The van der Waals surface area contributed by atoms with Crippen molar-refractivity contribution < 1.29 is 14.3 Å². The van der Waals surface area contributed by atoms with E-state index in [0.29, 0.717) is 12.2 Å². The fraction of sp³-hybridized carbons (Fsp3) is 0.188. The molecular weight excluding hydrogens is 352 g/mol. The van der Waals surface area contributed by atoms with E-state index >= 15 is 0 Å². The molecule has 0 heterocycles. The Hall–Kier alpha value is -1.46. The molecule has 0 N–H and O–H groups in total. The minimum absolute atomic E-state index is 0.296. The van der Waals surface area contributed by atoms with Gasteiger partial charge in [-0.1, -0.05) is 27.7 Å². The second-order valence-electron chi connectivity index (χ2n) is 4.14.